The Morgan fingerprint density at radius 1 is 0.976 bits per heavy atom. The summed E-state index contributed by atoms with van der Waals surface area (Å²) in [6, 6.07) is 24.8. The third-order valence-electron chi connectivity index (χ3n) is 7.19. The second-order valence-corrected chi connectivity index (χ2v) is 11.4. The number of carbonyl (C=O) groups excluding carboxylic acids is 3. The lowest BCUT2D eigenvalue weighted by Gasteiger charge is -2.33. The van der Waals surface area contributed by atoms with Crippen molar-refractivity contribution < 1.29 is 19.1 Å². The third kappa shape index (κ3) is 6.11. The molecule has 8 heteroatoms. The number of likely N-dealkylation sites (N-methyl/N-ethyl adjacent to an activating group) is 1. The van der Waals surface area contributed by atoms with Crippen LogP contribution in [0.1, 0.15) is 44.9 Å². The lowest BCUT2D eigenvalue weighted by molar-refractivity contribution is -0.137. The number of amides is 4. The quantitative estimate of drug-likeness (QED) is 0.403. The van der Waals surface area contributed by atoms with Crippen molar-refractivity contribution in [2.24, 2.45) is 0 Å². The van der Waals surface area contributed by atoms with Crippen molar-refractivity contribution in [3.8, 4) is 11.5 Å². The van der Waals surface area contributed by atoms with Gasteiger partial charge in [0.05, 0.1) is 23.9 Å². The summed E-state index contributed by atoms with van der Waals surface area (Å²) >= 11 is 0. The minimum atomic E-state index is -0.753. The fraction of sp³-hybridized carbons (Fsp3) is 0.303. The van der Waals surface area contributed by atoms with Crippen molar-refractivity contribution in [3.05, 3.63) is 107 Å². The molecule has 8 nitrogen and oxygen atoms in total. The maximum Gasteiger partial charge on any atom is 0.322 e. The Morgan fingerprint density at radius 2 is 1.63 bits per heavy atom. The Hall–Kier alpha value is -4.59. The van der Waals surface area contributed by atoms with Crippen molar-refractivity contribution >= 4 is 17.8 Å². The van der Waals surface area contributed by atoms with E-state index in [1.165, 1.54) is 0 Å². The fourth-order valence-corrected chi connectivity index (χ4v) is 5.37. The average Bonchev–Trinajstić information content (AvgIpc) is 3.28. The average molecular weight is 553 g/mol. The number of nitrogens with one attached hydrogen (secondary N) is 2. The van der Waals surface area contributed by atoms with Gasteiger partial charge in [-0.25, -0.2) is 4.79 Å². The summed E-state index contributed by atoms with van der Waals surface area (Å²) in [5.74, 6) is 0.789. The Labute approximate surface area is 241 Å². The van der Waals surface area contributed by atoms with Crippen LogP contribution < -0.4 is 15.4 Å². The lowest BCUT2D eigenvalue weighted by Crippen LogP contribution is -2.54. The third-order valence-corrected chi connectivity index (χ3v) is 7.19. The minimum Gasteiger partial charge on any atom is -0.457 e. The smallest absolute Gasteiger partial charge is 0.322 e. The van der Waals surface area contributed by atoms with Gasteiger partial charge in [-0.1, -0.05) is 60.7 Å². The summed E-state index contributed by atoms with van der Waals surface area (Å²) in [6.45, 7) is 8.19. The second-order valence-electron chi connectivity index (χ2n) is 11.4. The highest BCUT2D eigenvalue weighted by Gasteiger charge is 2.47. The van der Waals surface area contributed by atoms with Crippen molar-refractivity contribution in [3.63, 3.8) is 0 Å². The van der Waals surface area contributed by atoms with Gasteiger partial charge >= 0.3 is 6.03 Å². The van der Waals surface area contributed by atoms with Crippen molar-refractivity contribution in [2.75, 3.05) is 13.1 Å². The molecule has 2 heterocycles. The molecule has 2 aliphatic rings. The van der Waals surface area contributed by atoms with E-state index >= 15 is 0 Å². The van der Waals surface area contributed by atoms with E-state index in [0.29, 0.717) is 35.7 Å². The lowest BCUT2D eigenvalue weighted by atomic mass is 9.95. The first-order valence-electron chi connectivity index (χ1n) is 14.0. The second kappa shape index (κ2) is 11.5. The van der Waals surface area contributed by atoms with Gasteiger partial charge in [0.15, 0.2) is 0 Å². The SMILES string of the molecule is CCN1C(=O)N[C@H](c2cccc(Oc3ccccc3)c2)C2=C1CN([C@@H](Cc1ccccc1)C(=O)NC(C)(C)C)C2=O. The Balaban J connectivity index is 1.50. The van der Waals surface area contributed by atoms with E-state index < -0.39 is 17.6 Å². The number of rotatable bonds is 8. The molecule has 2 aliphatic heterocycles. The van der Waals surface area contributed by atoms with Crippen LogP contribution in [-0.2, 0) is 16.0 Å². The molecule has 0 spiro atoms. The van der Waals surface area contributed by atoms with Crippen LogP contribution in [0, 0.1) is 0 Å². The molecule has 5 rings (SSSR count). The van der Waals surface area contributed by atoms with Gasteiger partial charge in [0.2, 0.25) is 5.91 Å². The van der Waals surface area contributed by atoms with Crippen LogP contribution in [0.3, 0.4) is 0 Å². The number of nitrogens with zero attached hydrogens (tertiary/aromatic N) is 2. The minimum absolute atomic E-state index is 0.168. The molecule has 2 N–H and O–H groups in total. The molecule has 3 aromatic carbocycles. The van der Waals surface area contributed by atoms with Crippen molar-refractivity contribution in [2.45, 2.75) is 51.7 Å². The number of ether oxygens (including phenoxy) is 1. The van der Waals surface area contributed by atoms with E-state index in [9.17, 15) is 14.4 Å². The first kappa shape index (κ1) is 28.0. The number of hydrogen-bond donors (Lipinski definition) is 2. The molecule has 4 amide bonds. The zero-order valence-electron chi connectivity index (χ0n) is 23.9. The van der Waals surface area contributed by atoms with Gasteiger partial charge in [-0.2, -0.15) is 0 Å². The topological polar surface area (TPSA) is 91.0 Å². The van der Waals surface area contributed by atoms with Crippen LogP contribution in [0.15, 0.2) is 96.2 Å². The van der Waals surface area contributed by atoms with Gasteiger partial charge in [0.1, 0.15) is 17.5 Å². The van der Waals surface area contributed by atoms with Gasteiger partial charge in [-0.05, 0) is 63.1 Å². The van der Waals surface area contributed by atoms with Crippen LogP contribution in [-0.4, -0.2) is 52.3 Å². The van der Waals surface area contributed by atoms with Crippen LogP contribution >= 0.6 is 0 Å². The number of carbonyl (C=O) groups is 3. The van der Waals surface area contributed by atoms with E-state index in [1.807, 2.05) is 113 Å². The highest BCUT2D eigenvalue weighted by molar-refractivity contribution is 6.03. The Kier molecular flexibility index (Phi) is 7.83. The summed E-state index contributed by atoms with van der Waals surface area (Å²) in [4.78, 5) is 44.4. The highest BCUT2D eigenvalue weighted by Crippen LogP contribution is 2.38. The zero-order chi connectivity index (χ0) is 29.1. The van der Waals surface area contributed by atoms with Crippen LogP contribution in [0.5, 0.6) is 11.5 Å². The van der Waals surface area contributed by atoms with Crippen molar-refractivity contribution in [1.29, 1.82) is 0 Å². The summed E-state index contributed by atoms with van der Waals surface area (Å²) < 4.78 is 6.03. The van der Waals surface area contributed by atoms with Gasteiger partial charge in [0.25, 0.3) is 5.91 Å². The maximum absolute atomic E-state index is 14.2. The first-order chi connectivity index (χ1) is 19.6. The standard InChI is InChI=1S/C33H36N4O4/c1-5-36-27-21-37(26(30(38)35-33(2,3)4)19-22-13-8-6-9-14-22)31(39)28(27)29(34-32(36)40)23-15-12-18-25(20-23)41-24-16-10-7-11-17-24/h6-18,20,26,29H,5,19,21H2,1-4H3,(H,34,40)(H,35,38)/t26-,29+/m0/s1. The predicted molar refractivity (Wildman–Crippen MR) is 157 cm³/mol. The molecule has 0 fully saturated rings. The maximum atomic E-state index is 14.2. The van der Waals surface area contributed by atoms with Gasteiger partial charge in [-0.3, -0.25) is 14.5 Å². The summed E-state index contributed by atoms with van der Waals surface area (Å²) in [5.41, 5.74) is 2.30. The van der Waals surface area contributed by atoms with E-state index in [2.05, 4.69) is 10.6 Å². The summed E-state index contributed by atoms with van der Waals surface area (Å²) in [7, 11) is 0. The molecule has 3 aromatic rings. The first-order valence-corrected chi connectivity index (χ1v) is 14.0. The molecule has 0 radical (unpaired) electrons. The monoisotopic (exact) mass is 552 g/mol. The fourth-order valence-electron chi connectivity index (χ4n) is 5.37. The summed E-state index contributed by atoms with van der Waals surface area (Å²) in [6.07, 6.45) is 0.355. The normalized spacial score (nSPS) is 17.7. The number of para-hydroxylation sites is 1. The number of urea groups is 1. The molecule has 212 valence electrons. The molecular weight excluding hydrogens is 516 g/mol. The molecule has 0 saturated carbocycles. The molecule has 41 heavy (non-hydrogen) atoms. The van der Waals surface area contributed by atoms with E-state index in [-0.39, 0.29) is 24.4 Å². The van der Waals surface area contributed by atoms with E-state index in [4.69, 9.17) is 4.74 Å². The van der Waals surface area contributed by atoms with Crippen LogP contribution in [0.25, 0.3) is 0 Å². The van der Waals surface area contributed by atoms with Crippen LogP contribution in [0.4, 0.5) is 4.79 Å². The van der Waals surface area contributed by atoms with Gasteiger partial charge in [-0.15, -0.1) is 0 Å². The Morgan fingerprint density at radius 3 is 2.29 bits per heavy atom. The molecule has 0 aliphatic carbocycles. The molecule has 0 unspecified atom stereocenters. The molecule has 0 bridgehead atoms. The largest absolute Gasteiger partial charge is 0.457 e. The van der Waals surface area contributed by atoms with Crippen molar-refractivity contribution in [1.82, 2.24) is 20.4 Å². The molecule has 2 atom stereocenters. The van der Waals surface area contributed by atoms with E-state index in [0.717, 1.165) is 11.1 Å². The molecular formula is C33H36N4O4. The van der Waals surface area contributed by atoms with Gasteiger partial charge < -0.3 is 20.3 Å². The number of benzene rings is 3. The van der Waals surface area contributed by atoms with Gasteiger partial charge in [0, 0.05) is 18.5 Å². The molecule has 0 aromatic heterocycles. The predicted octanol–water partition coefficient (Wildman–Crippen LogP) is 5.19. The molecule has 0 saturated heterocycles. The van der Waals surface area contributed by atoms with E-state index in [1.54, 1.807) is 9.80 Å². The Bertz CT molecular complexity index is 1460. The highest BCUT2D eigenvalue weighted by atomic mass is 16.5. The summed E-state index contributed by atoms with van der Waals surface area (Å²) in [5, 5.41) is 6.09. The zero-order valence-corrected chi connectivity index (χ0v) is 23.9. The number of hydrogen-bond acceptors (Lipinski definition) is 4. The van der Waals surface area contributed by atoms with Crippen LogP contribution in [0.2, 0.25) is 0 Å².